The molecule has 0 heterocycles. The first-order valence-corrected chi connectivity index (χ1v) is 4.98. The Morgan fingerprint density at radius 2 is 1.94 bits per heavy atom. The van der Waals surface area contributed by atoms with E-state index in [1.165, 1.54) is 30.3 Å². The molecule has 0 bridgehead atoms. The van der Waals surface area contributed by atoms with Crippen molar-refractivity contribution in [1.29, 1.82) is 0 Å². The average molecular weight is 252 g/mol. The number of halogens is 1. The largest absolute Gasteiger partial charge is 0.478 e. The highest BCUT2D eigenvalue weighted by atomic mass is 35.5. The first-order valence-electron chi connectivity index (χ1n) is 4.60. The molecule has 2 rings (SSSR count). The van der Waals surface area contributed by atoms with Crippen LogP contribution in [0.1, 0.15) is 10.4 Å². The lowest BCUT2D eigenvalue weighted by atomic mass is 10.1. The van der Waals surface area contributed by atoms with E-state index < -0.39 is 10.9 Å². The molecule has 0 spiro atoms. The van der Waals surface area contributed by atoms with Gasteiger partial charge in [0.05, 0.1) is 15.9 Å². The monoisotopic (exact) mass is 251 g/mol. The van der Waals surface area contributed by atoms with E-state index in [2.05, 4.69) is 0 Å². The maximum absolute atomic E-state index is 10.8. The van der Waals surface area contributed by atoms with Crippen LogP contribution in [0.2, 0.25) is 5.02 Å². The second kappa shape index (κ2) is 4.03. The van der Waals surface area contributed by atoms with Gasteiger partial charge in [-0.05, 0) is 18.2 Å². The summed E-state index contributed by atoms with van der Waals surface area (Å²) in [5.74, 6) is -1.14. The van der Waals surface area contributed by atoms with E-state index in [-0.39, 0.29) is 16.6 Å². The van der Waals surface area contributed by atoms with Gasteiger partial charge in [0.1, 0.15) is 0 Å². The molecule has 0 aromatic heterocycles. The van der Waals surface area contributed by atoms with Gasteiger partial charge in [0.15, 0.2) is 0 Å². The molecule has 0 saturated heterocycles. The van der Waals surface area contributed by atoms with E-state index >= 15 is 0 Å². The van der Waals surface area contributed by atoms with E-state index in [9.17, 15) is 14.9 Å². The third kappa shape index (κ3) is 1.92. The van der Waals surface area contributed by atoms with Crippen LogP contribution in [0.25, 0.3) is 10.8 Å². The number of carboxylic acid groups (broad SMARTS) is 1. The van der Waals surface area contributed by atoms with E-state index in [0.717, 1.165) is 0 Å². The van der Waals surface area contributed by atoms with Crippen molar-refractivity contribution in [1.82, 2.24) is 0 Å². The Morgan fingerprint density at radius 1 is 1.24 bits per heavy atom. The van der Waals surface area contributed by atoms with Gasteiger partial charge in [-0.2, -0.15) is 0 Å². The van der Waals surface area contributed by atoms with Crippen LogP contribution in [-0.2, 0) is 0 Å². The Balaban J connectivity index is 2.85. The van der Waals surface area contributed by atoms with Crippen molar-refractivity contribution in [2.24, 2.45) is 0 Å². The first kappa shape index (κ1) is 11.3. The highest BCUT2D eigenvalue weighted by Gasteiger charge is 2.15. The van der Waals surface area contributed by atoms with Gasteiger partial charge in [-0.25, -0.2) is 4.79 Å². The smallest absolute Gasteiger partial charge is 0.335 e. The number of hydrogen-bond acceptors (Lipinski definition) is 3. The molecule has 2 aromatic carbocycles. The van der Waals surface area contributed by atoms with Gasteiger partial charge in [-0.1, -0.05) is 17.7 Å². The van der Waals surface area contributed by atoms with Crippen LogP contribution in [0.3, 0.4) is 0 Å². The summed E-state index contributed by atoms with van der Waals surface area (Å²) < 4.78 is 0. The second-order valence-corrected chi connectivity index (χ2v) is 3.80. The SMILES string of the molecule is O=C(O)c1ccc2c(Cl)ccc([N+](=O)[O-])c2c1. The number of rotatable bonds is 2. The zero-order chi connectivity index (χ0) is 12.6. The second-order valence-electron chi connectivity index (χ2n) is 3.39. The van der Waals surface area contributed by atoms with Gasteiger partial charge in [0, 0.05) is 16.5 Å². The van der Waals surface area contributed by atoms with Crippen molar-refractivity contribution in [3.63, 3.8) is 0 Å². The zero-order valence-electron chi connectivity index (χ0n) is 8.38. The summed E-state index contributed by atoms with van der Waals surface area (Å²) in [6, 6.07) is 6.76. The normalized spacial score (nSPS) is 10.4. The Labute approximate surface area is 100 Å². The molecular weight excluding hydrogens is 246 g/mol. The van der Waals surface area contributed by atoms with Crippen LogP contribution >= 0.6 is 11.6 Å². The Hall–Kier alpha value is -2.14. The lowest BCUT2D eigenvalue weighted by molar-refractivity contribution is -0.383. The summed E-state index contributed by atoms with van der Waals surface area (Å²) >= 11 is 5.90. The molecule has 0 unspecified atom stereocenters. The predicted molar refractivity (Wildman–Crippen MR) is 62.6 cm³/mol. The Bertz CT molecular complexity index is 639. The molecule has 2 aromatic rings. The Morgan fingerprint density at radius 3 is 2.53 bits per heavy atom. The summed E-state index contributed by atoms with van der Waals surface area (Å²) in [4.78, 5) is 21.1. The quantitative estimate of drug-likeness (QED) is 0.657. The van der Waals surface area contributed by atoms with Crippen molar-refractivity contribution in [3.05, 3.63) is 51.0 Å². The maximum atomic E-state index is 10.8. The van der Waals surface area contributed by atoms with Crippen molar-refractivity contribution in [3.8, 4) is 0 Å². The fraction of sp³-hybridized carbons (Fsp3) is 0. The van der Waals surface area contributed by atoms with Crippen molar-refractivity contribution in [2.45, 2.75) is 0 Å². The summed E-state index contributed by atoms with van der Waals surface area (Å²) in [6.07, 6.45) is 0. The van der Waals surface area contributed by atoms with E-state index in [0.29, 0.717) is 10.4 Å². The molecule has 17 heavy (non-hydrogen) atoms. The van der Waals surface area contributed by atoms with E-state index in [1.807, 2.05) is 0 Å². The van der Waals surface area contributed by atoms with Gasteiger partial charge in [-0.15, -0.1) is 0 Å². The summed E-state index contributed by atoms with van der Waals surface area (Å²) in [5, 5.41) is 20.7. The third-order valence-electron chi connectivity index (χ3n) is 2.38. The van der Waals surface area contributed by atoms with Gasteiger partial charge in [-0.3, -0.25) is 10.1 Å². The molecule has 6 heteroatoms. The molecule has 0 radical (unpaired) electrons. The minimum atomic E-state index is -1.14. The van der Waals surface area contributed by atoms with Crippen LogP contribution in [0.5, 0.6) is 0 Å². The van der Waals surface area contributed by atoms with Crippen LogP contribution < -0.4 is 0 Å². The number of nitro benzene ring substituents is 1. The molecule has 1 N–H and O–H groups in total. The number of carboxylic acids is 1. The topological polar surface area (TPSA) is 80.4 Å². The van der Waals surface area contributed by atoms with Crippen LogP contribution in [0.15, 0.2) is 30.3 Å². The van der Waals surface area contributed by atoms with Crippen molar-refractivity contribution in [2.75, 3.05) is 0 Å². The number of fused-ring (bicyclic) bond motifs is 1. The molecule has 5 nitrogen and oxygen atoms in total. The number of aromatic carboxylic acids is 1. The molecular formula is C11H6ClNO4. The first-order chi connectivity index (χ1) is 8.00. The lowest BCUT2D eigenvalue weighted by Crippen LogP contribution is -1.97. The highest BCUT2D eigenvalue weighted by Crippen LogP contribution is 2.31. The van der Waals surface area contributed by atoms with Crippen molar-refractivity contribution < 1.29 is 14.8 Å². The number of carbonyl (C=O) groups is 1. The zero-order valence-corrected chi connectivity index (χ0v) is 9.14. The standard InChI is InChI=1S/C11H6ClNO4/c12-9-3-4-10(13(16)17)8-5-6(11(14)15)1-2-7(8)9/h1-5H,(H,14,15). The third-order valence-corrected chi connectivity index (χ3v) is 2.71. The number of nitrogens with zero attached hydrogens (tertiary/aromatic N) is 1. The molecule has 0 aliphatic carbocycles. The fourth-order valence-corrected chi connectivity index (χ4v) is 1.82. The molecule has 0 saturated carbocycles. The fourth-order valence-electron chi connectivity index (χ4n) is 1.59. The van der Waals surface area contributed by atoms with Crippen LogP contribution in [0.4, 0.5) is 5.69 Å². The van der Waals surface area contributed by atoms with Crippen LogP contribution in [-0.4, -0.2) is 16.0 Å². The molecule has 0 fully saturated rings. The molecule has 86 valence electrons. The molecule has 0 atom stereocenters. The van der Waals surface area contributed by atoms with Crippen LogP contribution in [0, 0.1) is 10.1 Å². The number of hydrogen-bond donors (Lipinski definition) is 1. The number of non-ortho nitro benzene ring substituents is 1. The summed E-state index contributed by atoms with van der Waals surface area (Å²) in [5.41, 5.74) is -0.171. The van der Waals surface area contributed by atoms with Gasteiger partial charge >= 0.3 is 5.97 Å². The number of benzene rings is 2. The Kier molecular flexibility index (Phi) is 2.69. The maximum Gasteiger partial charge on any atom is 0.335 e. The molecule has 0 aliphatic heterocycles. The minimum absolute atomic E-state index is 0.0112. The minimum Gasteiger partial charge on any atom is -0.478 e. The lowest BCUT2D eigenvalue weighted by Gasteiger charge is -2.03. The summed E-state index contributed by atoms with van der Waals surface area (Å²) in [6.45, 7) is 0. The molecule has 0 amide bonds. The van der Waals surface area contributed by atoms with E-state index in [4.69, 9.17) is 16.7 Å². The highest BCUT2D eigenvalue weighted by molar-refractivity contribution is 6.36. The van der Waals surface area contributed by atoms with Gasteiger partial charge in [0.25, 0.3) is 5.69 Å². The van der Waals surface area contributed by atoms with Crippen molar-refractivity contribution >= 4 is 34.0 Å². The van der Waals surface area contributed by atoms with Gasteiger partial charge < -0.3 is 5.11 Å². The number of nitro groups is 1. The molecule has 0 aliphatic rings. The van der Waals surface area contributed by atoms with E-state index in [1.54, 1.807) is 0 Å². The average Bonchev–Trinajstić information content (AvgIpc) is 2.28. The summed E-state index contributed by atoms with van der Waals surface area (Å²) in [7, 11) is 0. The van der Waals surface area contributed by atoms with Gasteiger partial charge in [0.2, 0.25) is 0 Å². The predicted octanol–water partition coefficient (Wildman–Crippen LogP) is 3.10.